The Labute approximate surface area is 329 Å². The van der Waals surface area contributed by atoms with Gasteiger partial charge in [0.15, 0.2) is 5.58 Å². The molecule has 0 atom stereocenters. The number of rotatable bonds is 4. The first-order valence-corrected chi connectivity index (χ1v) is 19.8. The van der Waals surface area contributed by atoms with Crippen LogP contribution in [0.1, 0.15) is 77.6 Å². The Hall–Kier alpha value is -6.06. The second-order valence-corrected chi connectivity index (χ2v) is 18.2. The lowest BCUT2D eigenvalue weighted by Gasteiger charge is -2.28. The van der Waals surface area contributed by atoms with Crippen molar-refractivity contribution in [2.75, 3.05) is 4.90 Å². The van der Waals surface area contributed by atoms with E-state index in [1.165, 1.54) is 49.9 Å². The summed E-state index contributed by atoms with van der Waals surface area (Å²) in [4.78, 5) is 2.37. The predicted octanol–water partition coefficient (Wildman–Crippen LogP) is 15.5. The van der Waals surface area contributed by atoms with Gasteiger partial charge in [-0.2, -0.15) is 0 Å². The molecule has 0 saturated carbocycles. The zero-order valence-electron chi connectivity index (χ0n) is 33.5. The lowest BCUT2D eigenvalue weighted by atomic mass is 9.79. The molecule has 0 radical (unpaired) electrons. The summed E-state index contributed by atoms with van der Waals surface area (Å²) in [5, 5.41) is 4.54. The Balaban J connectivity index is 1.24. The summed E-state index contributed by atoms with van der Waals surface area (Å²) in [5.74, 6) is 0. The minimum absolute atomic E-state index is 0.0286. The van der Waals surface area contributed by atoms with Crippen molar-refractivity contribution in [2.45, 2.75) is 71.6 Å². The zero-order chi connectivity index (χ0) is 38.7. The molecule has 276 valence electrons. The Bertz CT molecular complexity index is 3020. The van der Waals surface area contributed by atoms with Gasteiger partial charge in [0.05, 0.1) is 11.4 Å². The molecule has 0 bridgehead atoms. The molecule has 3 nitrogen and oxygen atoms in total. The molecular formula is C53H47NO2. The zero-order valence-corrected chi connectivity index (χ0v) is 33.5. The fourth-order valence-corrected chi connectivity index (χ4v) is 9.18. The van der Waals surface area contributed by atoms with Crippen LogP contribution in [0, 0.1) is 0 Å². The number of para-hydroxylation sites is 1. The van der Waals surface area contributed by atoms with E-state index in [-0.39, 0.29) is 16.2 Å². The minimum Gasteiger partial charge on any atom is -0.456 e. The smallest absolute Gasteiger partial charge is 0.159 e. The van der Waals surface area contributed by atoms with Crippen molar-refractivity contribution in [1.29, 1.82) is 0 Å². The number of furan rings is 2. The van der Waals surface area contributed by atoms with Crippen molar-refractivity contribution in [3.63, 3.8) is 0 Å². The molecule has 0 spiro atoms. The van der Waals surface area contributed by atoms with Crippen LogP contribution in [-0.2, 0) is 16.2 Å². The summed E-state index contributed by atoms with van der Waals surface area (Å²) in [7, 11) is 0. The average Bonchev–Trinajstić information content (AvgIpc) is 3.82. The highest BCUT2D eigenvalue weighted by Crippen LogP contribution is 2.52. The van der Waals surface area contributed by atoms with E-state index >= 15 is 0 Å². The van der Waals surface area contributed by atoms with Crippen molar-refractivity contribution in [2.24, 2.45) is 0 Å². The molecule has 2 heterocycles. The molecule has 3 heteroatoms. The van der Waals surface area contributed by atoms with Crippen LogP contribution in [0.2, 0.25) is 0 Å². The molecule has 1 aliphatic rings. The monoisotopic (exact) mass is 729 g/mol. The molecule has 56 heavy (non-hydrogen) atoms. The molecule has 7 aromatic carbocycles. The van der Waals surface area contributed by atoms with Gasteiger partial charge in [0.2, 0.25) is 0 Å². The van der Waals surface area contributed by atoms with Crippen LogP contribution >= 0.6 is 0 Å². The number of fused-ring (bicyclic) bond motifs is 9. The Kier molecular flexibility index (Phi) is 7.36. The standard InChI is InChI=1S/C53H47NO2/c1-51(2,3)33-28-43(52(4,5)6)49-40-20-14-22-44(50(40)56-47(49)29-33)54(34-24-26-38-37-18-12-13-21-41(37)53(7,8)42(38)30-34)35-25-27-39-46(31-35)55-45-23-15-19-36(48(39)45)32-16-10-9-11-17-32/h9-31H,1-8H3. The summed E-state index contributed by atoms with van der Waals surface area (Å²) in [6, 6.07) is 50.7. The molecule has 0 unspecified atom stereocenters. The van der Waals surface area contributed by atoms with E-state index < -0.39 is 0 Å². The summed E-state index contributed by atoms with van der Waals surface area (Å²) >= 11 is 0. The van der Waals surface area contributed by atoms with Gasteiger partial charge in [0.1, 0.15) is 16.7 Å². The molecule has 1 aliphatic carbocycles. The maximum Gasteiger partial charge on any atom is 0.159 e. The van der Waals surface area contributed by atoms with Crippen LogP contribution in [0.5, 0.6) is 0 Å². The van der Waals surface area contributed by atoms with Crippen LogP contribution in [0.25, 0.3) is 66.1 Å². The molecule has 9 aromatic rings. The van der Waals surface area contributed by atoms with E-state index in [2.05, 4.69) is 200 Å². The van der Waals surface area contributed by atoms with Gasteiger partial charge < -0.3 is 13.7 Å². The first-order valence-electron chi connectivity index (χ1n) is 19.8. The number of benzene rings is 7. The molecule has 0 aliphatic heterocycles. The summed E-state index contributed by atoms with van der Waals surface area (Å²) in [6.45, 7) is 18.4. The summed E-state index contributed by atoms with van der Waals surface area (Å²) in [6.07, 6.45) is 0. The molecule has 0 fully saturated rings. The van der Waals surface area contributed by atoms with Crippen LogP contribution in [0.4, 0.5) is 17.1 Å². The average molecular weight is 730 g/mol. The number of nitrogens with zero attached hydrogens (tertiary/aromatic N) is 1. The van der Waals surface area contributed by atoms with Crippen molar-refractivity contribution in [1.82, 2.24) is 0 Å². The molecule has 10 rings (SSSR count). The molecule has 0 amide bonds. The normalized spacial score (nSPS) is 13.9. The van der Waals surface area contributed by atoms with E-state index in [1.54, 1.807) is 0 Å². The van der Waals surface area contributed by atoms with Gasteiger partial charge >= 0.3 is 0 Å². The van der Waals surface area contributed by atoms with Crippen LogP contribution in [0.15, 0.2) is 148 Å². The van der Waals surface area contributed by atoms with Crippen molar-refractivity contribution in [3.8, 4) is 22.3 Å². The summed E-state index contributed by atoms with van der Waals surface area (Å²) in [5.41, 5.74) is 16.5. The topological polar surface area (TPSA) is 29.5 Å². The Morgan fingerprint density at radius 3 is 1.96 bits per heavy atom. The van der Waals surface area contributed by atoms with E-state index in [0.29, 0.717) is 0 Å². The third-order valence-corrected chi connectivity index (χ3v) is 12.1. The van der Waals surface area contributed by atoms with Crippen molar-refractivity contribution in [3.05, 3.63) is 162 Å². The third kappa shape index (κ3) is 5.17. The maximum atomic E-state index is 7.10. The number of hydrogen-bond donors (Lipinski definition) is 0. The summed E-state index contributed by atoms with van der Waals surface area (Å²) < 4.78 is 13.8. The lowest BCUT2D eigenvalue weighted by molar-refractivity contribution is 0.569. The molecular weight excluding hydrogens is 683 g/mol. The van der Waals surface area contributed by atoms with E-state index in [1.807, 2.05) is 0 Å². The van der Waals surface area contributed by atoms with E-state index in [4.69, 9.17) is 8.83 Å². The molecule has 0 N–H and O–H groups in total. The molecule has 0 saturated heterocycles. The highest BCUT2D eigenvalue weighted by atomic mass is 16.3. The molecule has 2 aromatic heterocycles. The van der Waals surface area contributed by atoms with Gasteiger partial charge in [0.25, 0.3) is 0 Å². The van der Waals surface area contributed by atoms with Crippen LogP contribution in [0.3, 0.4) is 0 Å². The third-order valence-electron chi connectivity index (χ3n) is 12.1. The van der Waals surface area contributed by atoms with Crippen molar-refractivity contribution < 1.29 is 8.83 Å². The van der Waals surface area contributed by atoms with Gasteiger partial charge in [-0.05, 0) is 97.8 Å². The fourth-order valence-electron chi connectivity index (χ4n) is 9.18. The minimum atomic E-state index is -0.152. The van der Waals surface area contributed by atoms with Crippen LogP contribution in [-0.4, -0.2) is 0 Å². The maximum absolute atomic E-state index is 7.10. The first-order chi connectivity index (χ1) is 26.8. The largest absolute Gasteiger partial charge is 0.456 e. The van der Waals surface area contributed by atoms with Gasteiger partial charge in [0, 0.05) is 38.7 Å². The quantitative estimate of drug-likeness (QED) is 0.181. The fraction of sp³-hybridized carbons (Fsp3) is 0.208. The highest BCUT2D eigenvalue weighted by Gasteiger charge is 2.36. The highest BCUT2D eigenvalue weighted by molar-refractivity contribution is 6.15. The van der Waals surface area contributed by atoms with Crippen LogP contribution < -0.4 is 4.90 Å². The Morgan fingerprint density at radius 1 is 0.482 bits per heavy atom. The van der Waals surface area contributed by atoms with Gasteiger partial charge in [-0.15, -0.1) is 0 Å². The SMILES string of the molecule is CC(C)(C)c1cc(C(C)(C)C)c2c(c1)oc1c(N(c3ccc4c(c3)C(C)(C)c3ccccc3-4)c3ccc4c(c3)oc3cccc(-c5ccccc5)c34)cccc12. The Morgan fingerprint density at radius 2 is 1.18 bits per heavy atom. The lowest BCUT2D eigenvalue weighted by Crippen LogP contribution is -2.16. The van der Waals surface area contributed by atoms with E-state index in [9.17, 15) is 0 Å². The first kappa shape index (κ1) is 34.4. The van der Waals surface area contributed by atoms with Gasteiger partial charge in [-0.1, -0.05) is 146 Å². The number of hydrogen-bond acceptors (Lipinski definition) is 3. The second-order valence-electron chi connectivity index (χ2n) is 18.2. The van der Waals surface area contributed by atoms with E-state index in [0.717, 1.165) is 55.6 Å². The second kappa shape index (κ2) is 12.0. The number of anilines is 3. The predicted molar refractivity (Wildman–Crippen MR) is 236 cm³/mol. The van der Waals surface area contributed by atoms with Gasteiger partial charge in [-0.3, -0.25) is 0 Å². The van der Waals surface area contributed by atoms with Crippen molar-refractivity contribution >= 4 is 60.9 Å². The van der Waals surface area contributed by atoms with Gasteiger partial charge in [-0.25, -0.2) is 0 Å².